The molecule has 0 aliphatic carbocycles. The van der Waals surface area contributed by atoms with E-state index in [1.165, 1.54) is 24.3 Å². The van der Waals surface area contributed by atoms with Crippen LogP contribution in [0, 0.1) is 5.82 Å². The van der Waals surface area contributed by atoms with Crippen LogP contribution in [-0.4, -0.2) is 5.78 Å². The summed E-state index contributed by atoms with van der Waals surface area (Å²) in [5.74, 6) is -0.326. The minimum Gasteiger partial charge on any atom is -0.294 e. The number of Topliss-reactive ketones (excluding diaryl/α,β-unsaturated/α-hetero) is 1. The van der Waals surface area contributed by atoms with Crippen LogP contribution in [0.2, 0.25) is 0 Å². The standard InChI is InChI=1S/C18H13FO/c19-17-9-7-15(8-10-17)18(20)12-13-5-6-14-3-1-2-4-16(14)11-13/h1-11H,12H2. The molecule has 0 heterocycles. The van der Waals surface area contributed by atoms with Crippen LogP contribution in [0.25, 0.3) is 10.8 Å². The van der Waals surface area contributed by atoms with E-state index in [-0.39, 0.29) is 11.6 Å². The van der Waals surface area contributed by atoms with Crippen LogP contribution in [0.5, 0.6) is 0 Å². The second-order valence-electron chi connectivity index (χ2n) is 4.79. The fraction of sp³-hybridized carbons (Fsp3) is 0.0556. The summed E-state index contributed by atoms with van der Waals surface area (Å²) in [6, 6.07) is 19.7. The number of halogens is 1. The van der Waals surface area contributed by atoms with Crippen LogP contribution in [0.3, 0.4) is 0 Å². The van der Waals surface area contributed by atoms with Crippen LogP contribution < -0.4 is 0 Å². The van der Waals surface area contributed by atoms with E-state index in [0.717, 1.165) is 16.3 Å². The molecule has 0 unspecified atom stereocenters. The lowest BCUT2D eigenvalue weighted by Gasteiger charge is -2.04. The average molecular weight is 264 g/mol. The van der Waals surface area contributed by atoms with E-state index in [1.54, 1.807) is 0 Å². The molecule has 0 atom stereocenters. The minimum absolute atomic E-state index is 0.000260. The molecule has 0 N–H and O–H groups in total. The highest BCUT2D eigenvalue weighted by molar-refractivity contribution is 5.98. The monoisotopic (exact) mass is 264 g/mol. The van der Waals surface area contributed by atoms with Crippen molar-refractivity contribution in [2.75, 3.05) is 0 Å². The van der Waals surface area contributed by atoms with Crippen LogP contribution in [0.15, 0.2) is 66.7 Å². The zero-order valence-electron chi connectivity index (χ0n) is 10.8. The fourth-order valence-electron chi connectivity index (χ4n) is 2.27. The van der Waals surface area contributed by atoms with Gasteiger partial charge in [-0.05, 0) is 40.6 Å². The summed E-state index contributed by atoms with van der Waals surface area (Å²) >= 11 is 0. The Bertz CT molecular complexity index is 760. The van der Waals surface area contributed by atoms with E-state index in [2.05, 4.69) is 0 Å². The Morgan fingerprint density at radius 1 is 0.850 bits per heavy atom. The van der Waals surface area contributed by atoms with Gasteiger partial charge in [0.15, 0.2) is 5.78 Å². The predicted molar refractivity (Wildman–Crippen MR) is 78.4 cm³/mol. The van der Waals surface area contributed by atoms with Gasteiger partial charge < -0.3 is 0 Å². The molecule has 0 saturated carbocycles. The van der Waals surface area contributed by atoms with Crippen molar-refractivity contribution in [3.05, 3.63) is 83.7 Å². The summed E-state index contributed by atoms with van der Waals surface area (Å²) in [5, 5.41) is 2.28. The minimum atomic E-state index is -0.327. The van der Waals surface area contributed by atoms with Gasteiger partial charge in [-0.3, -0.25) is 4.79 Å². The number of carbonyl (C=O) groups is 1. The van der Waals surface area contributed by atoms with Gasteiger partial charge in [0.05, 0.1) is 0 Å². The lowest BCUT2D eigenvalue weighted by Crippen LogP contribution is -2.03. The zero-order valence-corrected chi connectivity index (χ0v) is 10.8. The Balaban J connectivity index is 1.85. The van der Waals surface area contributed by atoms with Crippen LogP contribution in [0.4, 0.5) is 4.39 Å². The molecule has 0 aliphatic heterocycles. The molecule has 0 radical (unpaired) electrons. The van der Waals surface area contributed by atoms with Crippen molar-refractivity contribution in [2.45, 2.75) is 6.42 Å². The highest BCUT2D eigenvalue weighted by Gasteiger charge is 2.07. The van der Waals surface area contributed by atoms with Crippen molar-refractivity contribution in [3.8, 4) is 0 Å². The molecule has 1 nitrogen and oxygen atoms in total. The largest absolute Gasteiger partial charge is 0.294 e. The molecule has 3 aromatic rings. The van der Waals surface area contributed by atoms with Crippen molar-refractivity contribution < 1.29 is 9.18 Å². The molecule has 0 spiro atoms. The first-order valence-corrected chi connectivity index (χ1v) is 6.49. The Morgan fingerprint density at radius 2 is 1.55 bits per heavy atom. The maximum absolute atomic E-state index is 12.8. The molecule has 2 heteroatoms. The van der Waals surface area contributed by atoms with E-state index in [4.69, 9.17) is 0 Å². The maximum Gasteiger partial charge on any atom is 0.167 e. The second kappa shape index (κ2) is 5.25. The van der Waals surface area contributed by atoms with Crippen molar-refractivity contribution in [1.29, 1.82) is 0 Å². The van der Waals surface area contributed by atoms with Crippen molar-refractivity contribution in [3.63, 3.8) is 0 Å². The zero-order chi connectivity index (χ0) is 13.9. The Hall–Kier alpha value is -2.48. The summed E-state index contributed by atoms with van der Waals surface area (Å²) < 4.78 is 12.8. The number of benzene rings is 3. The normalized spacial score (nSPS) is 10.7. The van der Waals surface area contributed by atoms with Gasteiger partial charge in [-0.15, -0.1) is 0 Å². The number of rotatable bonds is 3. The SMILES string of the molecule is O=C(Cc1ccc2ccccc2c1)c1ccc(F)cc1. The second-order valence-corrected chi connectivity index (χ2v) is 4.79. The first kappa shape index (κ1) is 12.5. The number of hydrogen-bond donors (Lipinski definition) is 0. The van der Waals surface area contributed by atoms with Gasteiger partial charge in [-0.25, -0.2) is 4.39 Å². The molecular weight excluding hydrogens is 251 g/mol. The fourth-order valence-corrected chi connectivity index (χ4v) is 2.27. The smallest absolute Gasteiger partial charge is 0.167 e. The summed E-state index contributed by atoms with van der Waals surface area (Å²) in [4.78, 5) is 12.1. The van der Waals surface area contributed by atoms with Gasteiger partial charge in [-0.2, -0.15) is 0 Å². The Labute approximate surface area is 116 Å². The topological polar surface area (TPSA) is 17.1 Å². The third-order valence-corrected chi connectivity index (χ3v) is 3.34. The van der Waals surface area contributed by atoms with Gasteiger partial charge in [0.2, 0.25) is 0 Å². The van der Waals surface area contributed by atoms with Gasteiger partial charge in [-0.1, -0.05) is 42.5 Å². The van der Waals surface area contributed by atoms with E-state index < -0.39 is 0 Å². The summed E-state index contributed by atoms with van der Waals surface area (Å²) in [7, 11) is 0. The molecule has 0 amide bonds. The lowest BCUT2D eigenvalue weighted by molar-refractivity contribution is 0.0993. The number of fused-ring (bicyclic) bond motifs is 1. The maximum atomic E-state index is 12.8. The first-order chi connectivity index (χ1) is 9.72. The molecular formula is C18H13FO. The van der Waals surface area contributed by atoms with Crippen LogP contribution in [-0.2, 0) is 6.42 Å². The van der Waals surface area contributed by atoms with Crippen molar-refractivity contribution >= 4 is 16.6 Å². The van der Waals surface area contributed by atoms with Crippen LogP contribution in [0.1, 0.15) is 15.9 Å². The molecule has 0 bridgehead atoms. The van der Waals surface area contributed by atoms with Gasteiger partial charge in [0.1, 0.15) is 5.82 Å². The molecule has 3 aromatic carbocycles. The number of carbonyl (C=O) groups excluding carboxylic acids is 1. The molecule has 0 aliphatic rings. The van der Waals surface area contributed by atoms with Crippen molar-refractivity contribution in [2.24, 2.45) is 0 Å². The van der Waals surface area contributed by atoms with E-state index in [1.807, 2.05) is 42.5 Å². The Morgan fingerprint density at radius 3 is 2.30 bits per heavy atom. The summed E-state index contributed by atoms with van der Waals surface area (Å²) in [6.07, 6.45) is 0.330. The van der Waals surface area contributed by atoms with Crippen LogP contribution >= 0.6 is 0 Å². The van der Waals surface area contributed by atoms with Gasteiger partial charge in [0.25, 0.3) is 0 Å². The molecule has 0 fully saturated rings. The molecule has 0 aromatic heterocycles. The Kier molecular flexibility index (Phi) is 3.30. The van der Waals surface area contributed by atoms with E-state index in [9.17, 15) is 9.18 Å². The first-order valence-electron chi connectivity index (χ1n) is 6.49. The summed E-state index contributed by atoms with van der Waals surface area (Å²) in [5.41, 5.74) is 1.51. The quantitative estimate of drug-likeness (QED) is 0.641. The van der Waals surface area contributed by atoms with E-state index >= 15 is 0 Å². The molecule has 3 rings (SSSR count). The number of ketones is 1. The third-order valence-electron chi connectivity index (χ3n) is 3.34. The molecule has 20 heavy (non-hydrogen) atoms. The number of hydrogen-bond acceptors (Lipinski definition) is 1. The van der Waals surface area contributed by atoms with Gasteiger partial charge >= 0.3 is 0 Å². The van der Waals surface area contributed by atoms with E-state index in [0.29, 0.717) is 12.0 Å². The average Bonchev–Trinajstić information content (AvgIpc) is 2.48. The molecule has 0 saturated heterocycles. The highest BCUT2D eigenvalue weighted by atomic mass is 19.1. The lowest BCUT2D eigenvalue weighted by atomic mass is 10.0. The molecule has 98 valence electrons. The predicted octanol–water partition coefficient (Wildman–Crippen LogP) is 4.40. The van der Waals surface area contributed by atoms with Crippen molar-refractivity contribution in [1.82, 2.24) is 0 Å². The third kappa shape index (κ3) is 2.59. The summed E-state index contributed by atoms with van der Waals surface area (Å²) in [6.45, 7) is 0. The van der Waals surface area contributed by atoms with Gasteiger partial charge in [0, 0.05) is 12.0 Å². The highest BCUT2D eigenvalue weighted by Crippen LogP contribution is 2.17.